The van der Waals surface area contributed by atoms with E-state index in [2.05, 4.69) is 10.6 Å². The van der Waals surface area contributed by atoms with Crippen molar-refractivity contribution in [2.24, 2.45) is 0 Å². The first kappa shape index (κ1) is 15.5. The zero-order chi connectivity index (χ0) is 15.2. The molecule has 0 atom stereocenters. The minimum atomic E-state index is 0.150. The molecule has 3 rings (SSSR count). The van der Waals surface area contributed by atoms with Gasteiger partial charge in [-0.3, -0.25) is 4.79 Å². The molecular formula is C16H22N2O3S. The van der Waals surface area contributed by atoms with Gasteiger partial charge in [-0.2, -0.15) is 0 Å². The topological polar surface area (TPSA) is 59.6 Å². The number of carbonyl (C=O) groups excluding carboxylic acids is 1. The Morgan fingerprint density at radius 3 is 2.82 bits per heavy atom. The zero-order valence-electron chi connectivity index (χ0n) is 12.6. The lowest BCUT2D eigenvalue weighted by Crippen LogP contribution is -2.42. The fourth-order valence-corrected chi connectivity index (χ4v) is 3.52. The first-order valence-electron chi connectivity index (χ1n) is 7.84. The number of amides is 1. The van der Waals surface area contributed by atoms with Crippen LogP contribution in [0.1, 0.15) is 19.3 Å². The number of piperidine rings is 1. The Morgan fingerprint density at radius 1 is 1.23 bits per heavy atom. The molecule has 6 heteroatoms. The average molecular weight is 322 g/mol. The molecular weight excluding hydrogens is 300 g/mol. The van der Waals surface area contributed by atoms with Crippen molar-refractivity contribution in [2.45, 2.75) is 30.2 Å². The summed E-state index contributed by atoms with van der Waals surface area (Å²) in [6.45, 7) is 3.20. The van der Waals surface area contributed by atoms with Crippen LogP contribution in [0.15, 0.2) is 23.1 Å². The average Bonchev–Trinajstić information content (AvgIpc) is 2.55. The molecule has 1 saturated heterocycles. The third kappa shape index (κ3) is 4.30. The van der Waals surface area contributed by atoms with Gasteiger partial charge in [0.15, 0.2) is 11.5 Å². The Morgan fingerprint density at radius 2 is 2.00 bits per heavy atom. The number of fused-ring (bicyclic) bond motifs is 1. The van der Waals surface area contributed by atoms with Crippen LogP contribution >= 0.6 is 11.8 Å². The maximum atomic E-state index is 11.9. The van der Waals surface area contributed by atoms with Gasteiger partial charge in [-0.15, -0.1) is 11.8 Å². The van der Waals surface area contributed by atoms with E-state index in [-0.39, 0.29) is 5.91 Å². The normalized spacial score (nSPS) is 18.0. The van der Waals surface area contributed by atoms with E-state index in [0.29, 0.717) is 25.7 Å². The van der Waals surface area contributed by atoms with Crippen molar-refractivity contribution >= 4 is 17.7 Å². The summed E-state index contributed by atoms with van der Waals surface area (Å²) in [5, 5.41) is 6.42. The summed E-state index contributed by atoms with van der Waals surface area (Å²) >= 11 is 1.67. The Balaban J connectivity index is 1.41. The van der Waals surface area contributed by atoms with Crippen LogP contribution in [0.5, 0.6) is 11.5 Å². The fraction of sp³-hybridized carbons (Fsp3) is 0.562. The Labute approximate surface area is 135 Å². The summed E-state index contributed by atoms with van der Waals surface area (Å²) in [5.41, 5.74) is 0. The molecule has 0 aliphatic carbocycles. The van der Waals surface area contributed by atoms with Crippen LogP contribution in [0.4, 0.5) is 0 Å². The van der Waals surface area contributed by atoms with Gasteiger partial charge in [0.2, 0.25) is 5.91 Å². The minimum Gasteiger partial charge on any atom is -0.486 e. The molecule has 0 bridgehead atoms. The van der Waals surface area contributed by atoms with E-state index in [4.69, 9.17) is 9.47 Å². The van der Waals surface area contributed by atoms with Crippen molar-refractivity contribution in [2.75, 3.05) is 32.1 Å². The van der Waals surface area contributed by atoms with E-state index in [1.807, 2.05) is 18.2 Å². The van der Waals surface area contributed by atoms with Crippen LogP contribution in [0.3, 0.4) is 0 Å². The van der Waals surface area contributed by atoms with Crippen LogP contribution < -0.4 is 20.1 Å². The molecule has 2 aliphatic heterocycles. The lowest BCUT2D eigenvalue weighted by molar-refractivity contribution is -0.121. The molecule has 1 fully saturated rings. The van der Waals surface area contributed by atoms with Crippen molar-refractivity contribution in [1.29, 1.82) is 0 Å². The fourth-order valence-electron chi connectivity index (χ4n) is 2.64. The number of benzene rings is 1. The summed E-state index contributed by atoms with van der Waals surface area (Å²) in [4.78, 5) is 13.1. The van der Waals surface area contributed by atoms with Gasteiger partial charge in [0.1, 0.15) is 13.2 Å². The summed E-state index contributed by atoms with van der Waals surface area (Å²) in [7, 11) is 0. The number of nitrogens with one attached hydrogen (secondary N) is 2. The zero-order valence-corrected chi connectivity index (χ0v) is 13.4. The largest absolute Gasteiger partial charge is 0.486 e. The minimum absolute atomic E-state index is 0.150. The Bertz CT molecular complexity index is 518. The second kappa shape index (κ2) is 7.74. The van der Waals surface area contributed by atoms with E-state index in [1.54, 1.807) is 11.8 Å². The highest BCUT2D eigenvalue weighted by Crippen LogP contribution is 2.34. The predicted molar refractivity (Wildman–Crippen MR) is 86.8 cm³/mol. The molecule has 2 N–H and O–H groups in total. The molecule has 0 radical (unpaired) electrons. The predicted octanol–water partition coefficient (Wildman–Crippen LogP) is 1.81. The third-order valence-corrected chi connectivity index (χ3v) is 4.81. The third-order valence-electron chi connectivity index (χ3n) is 3.82. The first-order chi connectivity index (χ1) is 10.8. The summed E-state index contributed by atoms with van der Waals surface area (Å²) in [6.07, 6.45) is 2.60. The highest BCUT2D eigenvalue weighted by molar-refractivity contribution is 7.99. The molecule has 1 aromatic rings. The van der Waals surface area contributed by atoms with Crippen LogP contribution in [-0.4, -0.2) is 44.0 Å². The van der Waals surface area contributed by atoms with E-state index in [9.17, 15) is 4.79 Å². The molecule has 2 heterocycles. The molecule has 0 aromatic heterocycles. The summed E-state index contributed by atoms with van der Waals surface area (Å²) in [5.74, 6) is 2.53. The van der Waals surface area contributed by atoms with Gasteiger partial charge in [0.25, 0.3) is 0 Å². The second-order valence-electron chi connectivity index (χ2n) is 5.50. The Hall–Kier alpha value is -1.40. The maximum absolute atomic E-state index is 11.9. The number of ether oxygens (including phenoxy) is 2. The van der Waals surface area contributed by atoms with Gasteiger partial charge in [-0.05, 0) is 44.1 Å². The number of hydrogen-bond donors (Lipinski definition) is 2. The van der Waals surface area contributed by atoms with E-state index >= 15 is 0 Å². The van der Waals surface area contributed by atoms with Crippen molar-refractivity contribution in [3.63, 3.8) is 0 Å². The highest BCUT2D eigenvalue weighted by Gasteiger charge is 2.15. The molecule has 0 spiro atoms. The monoisotopic (exact) mass is 322 g/mol. The molecule has 22 heavy (non-hydrogen) atoms. The smallest absolute Gasteiger partial charge is 0.221 e. The quantitative estimate of drug-likeness (QED) is 0.810. The van der Waals surface area contributed by atoms with Crippen LogP contribution in [0, 0.1) is 0 Å². The first-order valence-corrected chi connectivity index (χ1v) is 8.82. The van der Waals surface area contributed by atoms with Crippen LogP contribution in [0.2, 0.25) is 0 Å². The van der Waals surface area contributed by atoms with Gasteiger partial charge in [0, 0.05) is 23.1 Å². The molecule has 1 amide bonds. The summed E-state index contributed by atoms with van der Waals surface area (Å²) in [6, 6.07) is 6.28. The molecule has 0 saturated carbocycles. The molecule has 5 nitrogen and oxygen atoms in total. The number of carbonyl (C=O) groups is 1. The van der Waals surface area contributed by atoms with Gasteiger partial charge in [-0.25, -0.2) is 0 Å². The SMILES string of the molecule is O=C(CCSc1ccc2c(c1)OCCO2)NC1CCNCC1. The Kier molecular flexibility index (Phi) is 5.45. The number of hydrogen-bond acceptors (Lipinski definition) is 5. The van der Waals surface area contributed by atoms with E-state index in [0.717, 1.165) is 48.1 Å². The number of thioether (sulfide) groups is 1. The van der Waals surface area contributed by atoms with Crippen molar-refractivity contribution in [3.05, 3.63) is 18.2 Å². The van der Waals surface area contributed by atoms with Crippen LogP contribution in [-0.2, 0) is 4.79 Å². The molecule has 120 valence electrons. The maximum Gasteiger partial charge on any atom is 0.221 e. The standard InChI is InChI=1S/C16H22N2O3S/c19-16(18-12-3-6-17-7-4-12)5-10-22-13-1-2-14-15(11-13)21-9-8-20-14/h1-2,11-12,17H,3-10H2,(H,18,19). The van der Waals surface area contributed by atoms with Crippen molar-refractivity contribution in [3.8, 4) is 11.5 Å². The number of rotatable bonds is 5. The highest BCUT2D eigenvalue weighted by atomic mass is 32.2. The van der Waals surface area contributed by atoms with E-state index < -0.39 is 0 Å². The molecule has 1 aromatic carbocycles. The van der Waals surface area contributed by atoms with E-state index in [1.165, 1.54) is 0 Å². The summed E-state index contributed by atoms with van der Waals surface area (Å²) < 4.78 is 11.1. The lowest BCUT2D eigenvalue weighted by atomic mass is 10.1. The van der Waals surface area contributed by atoms with Gasteiger partial charge < -0.3 is 20.1 Å². The van der Waals surface area contributed by atoms with Gasteiger partial charge in [-0.1, -0.05) is 0 Å². The van der Waals surface area contributed by atoms with Crippen LogP contribution in [0.25, 0.3) is 0 Å². The van der Waals surface area contributed by atoms with Crippen molar-refractivity contribution < 1.29 is 14.3 Å². The second-order valence-corrected chi connectivity index (χ2v) is 6.66. The lowest BCUT2D eigenvalue weighted by Gasteiger charge is -2.23. The van der Waals surface area contributed by atoms with Gasteiger partial charge >= 0.3 is 0 Å². The molecule has 2 aliphatic rings. The molecule has 0 unspecified atom stereocenters. The van der Waals surface area contributed by atoms with Crippen molar-refractivity contribution in [1.82, 2.24) is 10.6 Å². The van der Waals surface area contributed by atoms with Gasteiger partial charge in [0.05, 0.1) is 0 Å².